The zero-order valence-electron chi connectivity index (χ0n) is 13.3. The van der Waals surface area contributed by atoms with Crippen molar-refractivity contribution in [3.8, 4) is 5.75 Å². The highest BCUT2D eigenvalue weighted by atomic mass is 31.2. The molecule has 0 saturated carbocycles. The number of allylic oxidation sites excluding steroid dienone is 1. The fraction of sp³-hybridized carbons (Fsp3) is 0.118. The molecule has 7 heteroatoms. The smallest absolute Gasteiger partial charge is 0.403 e. The van der Waals surface area contributed by atoms with Crippen LogP contribution in [0.5, 0.6) is 5.75 Å². The van der Waals surface area contributed by atoms with Crippen LogP contribution < -0.4 is 9.42 Å². The number of hydrogen-bond acceptors (Lipinski definition) is 4. The first-order valence-electron chi connectivity index (χ1n) is 7.10. The van der Waals surface area contributed by atoms with E-state index in [1.54, 1.807) is 12.1 Å². The average Bonchev–Trinajstić information content (AvgIpc) is 2.52. The number of hydrogen-bond donors (Lipinski definition) is 2. The molecule has 0 aliphatic heterocycles. The molecule has 0 spiro atoms. The molecule has 0 fully saturated rings. The first kappa shape index (κ1) is 17.9. The lowest BCUT2D eigenvalue weighted by molar-refractivity contribution is 0.104. The van der Waals surface area contributed by atoms with Crippen LogP contribution >= 0.6 is 7.82 Å². The van der Waals surface area contributed by atoms with Gasteiger partial charge in [-0.3, -0.25) is 14.6 Å². The Hall–Kier alpha value is -2.40. The SMILES string of the molecule is CN(C)c1ccc(/C=C/C(=O)c2ccccc2OP(=O)(O)O)cc1. The minimum Gasteiger partial charge on any atom is -0.403 e. The van der Waals surface area contributed by atoms with Crippen molar-refractivity contribution in [1.82, 2.24) is 0 Å². The van der Waals surface area contributed by atoms with Crippen LogP contribution in [0.2, 0.25) is 0 Å². The Morgan fingerprint density at radius 2 is 1.71 bits per heavy atom. The van der Waals surface area contributed by atoms with E-state index in [1.165, 1.54) is 24.3 Å². The Morgan fingerprint density at radius 1 is 1.08 bits per heavy atom. The molecule has 0 saturated heterocycles. The molecule has 0 unspecified atom stereocenters. The monoisotopic (exact) mass is 347 g/mol. The quantitative estimate of drug-likeness (QED) is 0.474. The third-order valence-electron chi connectivity index (χ3n) is 3.21. The molecule has 24 heavy (non-hydrogen) atoms. The van der Waals surface area contributed by atoms with E-state index in [9.17, 15) is 9.36 Å². The molecule has 0 atom stereocenters. The summed E-state index contributed by atoms with van der Waals surface area (Å²) in [6, 6.07) is 13.5. The normalized spacial score (nSPS) is 11.5. The first-order valence-corrected chi connectivity index (χ1v) is 8.63. The number of para-hydroxylation sites is 1. The number of carbonyl (C=O) groups excluding carboxylic acids is 1. The van der Waals surface area contributed by atoms with Crippen molar-refractivity contribution >= 4 is 25.4 Å². The molecule has 2 aromatic rings. The van der Waals surface area contributed by atoms with Gasteiger partial charge in [-0.05, 0) is 35.9 Å². The summed E-state index contributed by atoms with van der Waals surface area (Å²) in [5, 5.41) is 0. The van der Waals surface area contributed by atoms with Gasteiger partial charge in [-0.15, -0.1) is 0 Å². The summed E-state index contributed by atoms with van der Waals surface area (Å²) in [6.07, 6.45) is 2.97. The molecule has 0 heterocycles. The second kappa shape index (κ2) is 7.45. The van der Waals surface area contributed by atoms with E-state index in [-0.39, 0.29) is 11.3 Å². The van der Waals surface area contributed by atoms with Crippen molar-refractivity contribution < 1.29 is 23.7 Å². The van der Waals surface area contributed by atoms with Crippen LogP contribution in [0.15, 0.2) is 54.6 Å². The maximum atomic E-state index is 12.3. The standard InChI is InChI=1S/C17H18NO5P/c1-18(2)14-10-7-13(8-11-14)9-12-16(19)15-5-3-4-6-17(15)23-24(20,21)22/h3-12H,1-2H3,(H2,20,21,22)/b12-9+. The lowest BCUT2D eigenvalue weighted by atomic mass is 10.1. The molecule has 0 radical (unpaired) electrons. The molecule has 0 aromatic heterocycles. The lowest BCUT2D eigenvalue weighted by Gasteiger charge is -2.11. The summed E-state index contributed by atoms with van der Waals surface area (Å²) in [5.74, 6) is -0.556. The van der Waals surface area contributed by atoms with Gasteiger partial charge in [0, 0.05) is 19.8 Å². The number of benzene rings is 2. The van der Waals surface area contributed by atoms with Crippen molar-refractivity contribution in [2.24, 2.45) is 0 Å². The minimum atomic E-state index is -4.73. The van der Waals surface area contributed by atoms with E-state index in [0.717, 1.165) is 11.3 Å². The molecule has 2 N–H and O–H groups in total. The van der Waals surface area contributed by atoms with E-state index in [0.29, 0.717) is 0 Å². The highest BCUT2D eigenvalue weighted by Crippen LogP contribution is 2.39. The average molecular weight is 347 g/mol. The van der Waals surface area contributed by atoms with Crippen LogP contribution in [-0.2, 0) is 4.57 Å². The van der Waals surface area contributed by atoms with Gasteiger partial charge in [-0.1, -0.05) is 30.3 Å². The summed E-state index contributed by atoms with van der Waals surface area (Å²) in [5.41, 5.74) is 1.96. The van der Waals surface area contributed by atoms with E-state index in [1.807, 2.05) is 43.3 Å². The second-order valence-electron chi connectivity index (χ2n) is 5.26. The Morgan fingerprint density at radius 3 is 2.29 bits per heavy atom. The van der Waals surface area contributed by atoms with Gasteiger partial charge < -0.3 is 9.42 Å². The maximum absolute atomic E-state index is 12.3. The number of rotatable bonds is 6. The Kier molecular flexibility index (Phi) is 5.57. The minimum absolute atomic E-state index is 0.0852. The third-order valence-corrected chi connectivity index (χ3v) is 3.64. The molecule has 2 aromatic carbocycles. The molecular weight excluding hydrogens is 329 g/mol. The number of phosphoric acid groups is 1. The molecule has 0 bridgehead atoms. The maximum Gasteiger partial charge on any atom is 0.524 e. The van der Waals surface area contributed by atoms with Gasteiger partial charge in [0.25, 0.3) is 0 Å². The van der Waals surface area contributed by atoms with E-state index in [2.05, 4.69) is 4.52 Å². The van der Waals surface area contributed by atoms with Gasteiger partial charge in [-0.25, -0.2) is 4.57 Å². The summed E-state index contributed by atoms with van der Waals surface area (Å²) in [4.78, 5) is 32.1. The van der Waals surface area contributed by atoms with Gasteiger partial charge in [0.1, 0.15) is 5.75 Å². The predicted molar refractivity (Wildman–Crippen MR) is 93.2 cm³/mol. The molecule has 2 rings (SSSR count). The van der Waals surface area contributed by atoms with Gasteiger partial charge in [-0.2, -0.15) is 0 Å². The van der Waals surface area contributed by atoms with Crippen molar-refractivity contribution in [3.05, 3.63) is 65.7 Å². The van der Waals surface area contributed by atoms with Crippen molar-refractivity contribution in [2.75, 3.05) is 19.0 Å². The zero-order chi connectivity index (χ0) is 17.7. The Balaban J connectivity index is 2.19. The first-order chi connectivity index (χ1) is 11.3. The van der Waals surface area contributed by atoms with E-state index >= 15 is 0 Å². The molecule has 6 nitrogen and oxygen atoms in total. The molecule has 126 valence electrons. The number of nitrogens with zero attached hydrogens (tertiary/aromatic N) is 1. The summed E-state index contributed by atoms with van der Waals surface area (Å²) in [7, 11) is -0.854. The third kappa shape index (κ3) is 5.06. The molecule has 0 amide bonds. The number of phosphoric ester groups is 1. The van der Waals surface area contributed by atoms with Crippen LogP contribution in [-0.4, -0.2) is 29.7 Å². The van der Waals surface area contributed by atoms with Crippen LogP contribution in [0, 0.1) is 0 Å². The van der Waals surface area contributed by atoms with Gasteiger partial charge in [0.05, 0.1) is 5.56 Å². The van der Waals surface area contributed by atoms with Crippen LogP contribution in [0.4, 0.5) is 5.69 Å². The topological polar surface area (TPSA) is 87.1 Å². The molecule has 0 aliphatic rings. The molecule has 0 aliphatic carbocycles. The lowest BCUT2D eigenvalue weighted by Crippen LogP contribution is -2.07. The summed E-state index contributed by atoms with van der Waals surface area (Å²) >= 11 is 0. The number of anilines is 1. The van der Waals surface area contributed by atoms with Crippen LogP contribution in [0.1, 0.15) is 15.9 Å². The van der Waals surface area contributed by atoms with Crippen LogP contribution in [0.25, 0.3) is 6.08 Å². The fourth-order valence-corrected chi connectivity index (χ4v) is 2.44. The van der Waals surface area contributed by atoms with Crippen molar-refractivity contribution in [3.63, 3.8) is 0 Å². The number of ketones is 1. The second-order valence-corrected chi connectivity index (χ2v) is 6.43. The highest BCUT2D eigenvalue weighted by molar-refractivity contribution is 7.46. The van der Waals surface area contributed by atoms with Gasteiger partial charge in [0.15, 0.2) is 5.78 Å². The van der Waals surface area contributed by atoms with Gasteiger partial charge >= 0.3 is 7.82 Å². The summed E-state index contributed by atoms with van der Waals surface area (Å²) < 4.78 is 15.5. The van der Waals surface area contributed by atoms with Crippen molar-refractivity contribution in [2.45, 2.75) is 0 Å². The highest BCUT2D eigenvalue weighted by Gasteiger charge is 2.19. The van der Waals surface area contributed by atoms with Crippen molar-refractivity contribution in [1.29, 1.82) is 0 Å². The van der Waals surface area contributed by atoms with E-state index in [4.69, 9.17) is 9.79 Å². The van der Waals surface area contributed by atoms with E-state index < -0.39 is 13.6 Å². The largest absolute Gasteiger partial charge is 0.524 e. The van der Waals surface area contributed by atoms with Gasteiger partial charge in [0.2, 0.25) is 0 Å². The Labute approximate surface area is 140 Å². The number of carbonyl (C=O) groups is 1. The van der Waals surface area contributed by atoms with Crippen LogP contribution in [0.3, 0.4) is 0 Å². The Bertz CT molecular complexity index is 793. The molecular formula is C17H18NO5P. The predicted octanol–water partition coefficient (Wildman–Crippen LogP) is 3.12. The zero-order valence-corrected chi connectivity index (χ0v) is 14.2. The summed E-state index contributed by atoms with van der Waals surface area (Å²) in [6.45, 7) is 0. The fourth-order valence-electron chi connectivity index (χ4n) is 2.02.